The van der Waals surface area contributed by atoms with Crippen LogP contribution in [0.25, 0.3) is 16.5 Å². The van der Waals surface area contributed by atoms with E-state index in [-0.39, 0.29) is 20.7 Å². The first-order valence-corrected chi connectivity index (χ1v) is 13.7. The number of aromatic amines is 1. The predicted molar refractivity (Wildman–Crippen MR) is 127 cm³/mol. The second-order valence-corrected chi connectivity index (χ2v) is 11.4. The smallest absolute Gasteiger partial charge is 0.230 e. The Morgan fingerprint density at radius 2 is 2.03 bits per heavy atom. The third kappa shape index (κ3) is 4.47. The van der Waals surface area contributed by atoms with Gasteiger partial charge in [-0.15, -0.1) is 0 Å². The number of carbonyl (C=O) groups is 1. The van der Waals surface area contributed by atoms with Crippen LogP contribution >= 0.6 is 11.1 Å². The van der Waals surface area contributed by atoms with Crippen molar-refractivity contribution < 1.29 is 4.79 Å². The third-order valence-corrected chi connectivity index (χ3v) is 8.44. The van der Waals surface area contributed by atoms with E-state index in [1.807, 2.05) is 4.90 Å². The Morgan fingerprint density at radius 1 is 1.34 bits per heavy atom. The van der Waals surface area contributed by atoms with E-state index >= 15 is 0 Å². The van der Waals surface area contributed by atoms with Crippen LogP contribution in [0.5, 0.6) is 0 Å². The van der Waals surface area contributed by atoms with E-state index in [4.69, 9.17) is 11.1 Å². The van der Waals surface area contributed by atoms with Crippen LogP contribution in [-0.4, -0.2) is 62.2 Å². The topological polar surface area (TPSA) is 39.3 Å². The summed E-state index contributed by atoms with van der Waals surface area (Å²) in [6, 6.07) is 6.82. The quantitative estimate of drug-likeness (QED) is 0.586. The molecule has 2 heterocycles. The lowest BCUT2D eigenvalue weighted by atomic mass is 9.79. The standard InChI is InChI=1S/C20H25N3O.C3H9ClSi/c1-4-23(5-2)20(24)14-9-16-15-7-6-8-17-19(15)13(11-21-17)10-18(16)22(3)12-14;1-3(2)5-4/h6-9,11,14,18,21H,4-5,10,12H2,1-3H3;3H,5H2,1-2H3/t14-,18-;/m1./s1. The number of carbonyl (C=O) groups excluding carboxylic acids is 1. The highest BCUT2D eigenvalue weighted by atomic mass is 35.6. The molecule has 158 valence electrons. The largest absolute Gasteiger partial charge is 0.361 e. The highest BCUT2D eigenvalue weighted by molar-refractivity contribution is 6.94. The Kier molecular flexibility index (Phi) is 7.25. The molecule has 1 N–H and O–H groups in total. The first-order valence-electron chi connectivity index (χ1n) is 10.8. The van der Waals surface area contributed by atoms with E-state index in [1.165, 1.54) is 27.6 Å². The maximum atomic E-state index is 12.9. The summed E-state index contributed by atoms with van der Waals surface area (Å²) in [5.74, 6) is 0.210. The number of rotatable bonds is 4. The molecule has 29 heavy (non-hydrogen) atoms. The fourth-order valence-electron chi connectivity index (χ4n) is 4.38. The summed E-state index contributed by atoms with van der Waals surface area (Å²) >= 11 is 5.48. The highest BCUT2D eigenvalue weighted by Crippen LogP contribution is 2.40. The lowest BCUT2D eigenvalue weighted by Crippen LogP contribution is -2.47. The predicted octanol–water partition coefficient (Wildman–Crippen LogP) is 4.04. The monoisotopic (exact) mass is 431 g/mol. The molecule has 0 bridgehead atoms. The Balaban J connectivity index is 0.000000431. The molecule has 1 aliphatic heterocycles. The summed E-state index contributed by atoms with van der Waals surface area (Å²) in [4.78, 5) is 20.6. The number of fused-ring (bicyclic) bond motifs is 2. The zero-order valence-corrected chi connectivity index (χ0v) is 20.5. The maximum Gasteiger partial charge on any atom is 0.230 e. The van der Waals surface area contributed by atoms with Crippen LogP contribution < -0.4 is 0 Å². The molecule has 1 aromatic carbocycles. The number of nitrogens with zero attached hydrogens (tertiary/aromatic N) is 2. The summed E-state index contributed by atoms with van der Waals surface area (Å²) < 4.78 is 0. The van der Waals surface area contributed by atoms with Crippen molar-refractivity contribution in [2.24, 2.45) is 5.92 Å². The number of nitrogens with one attached hydrogen (secondary N) is 1. The number of H-pyrrole nitrogens is 1. The van der Waals surface area contributed by atoms with Crippen molar-refractivity contribution in [3.05, 3.63) is 41.6 Å². The van der Waals surface area contributed by atoms with Gasteiger partial charge in [-0.2, -0.15) is 11.1 Å². The summed E-state index contributed by atoms with van der Waals surface area (Å²) in [5.41, 5.74) is 6.00. The summed E-state index contributed by atoms with van der Waals surface area (Å²) in [7, 11) is 1.97. The molecule has 4 rings (SSSR count). The van der Waals surface area contributed by atoms with Crippen LogP contribution in [-0.2, 0) is 11.2 Å². The number of hydrogen-bond donors (Lipinski definition) is 1. The van der Waals surface area contributed by atoms with Crippen LogP contribution in [0.3, 0.4) is 0 Å². The SMILES string of the molecule is CC(C)[SiH2]Cl.CCN(CC)C(=O)[C@@H]1C=C2c3cccc4[nH]cc(c34)C[C@H]2N(C)C1. The molecule has 2 atom stereocenters. The van der Waals surface area contributed by atoms with Crippen LogP contribution in [0.2, 0.25) is 5.54 Å². The molecule has 6 heteroatoms. The van der Waals surface area contributed by atoms with Crippen molar-refractivity contribution in [3.8, 4) is 0 Å². The van der Waals surface area contributed by atoms with Crippen LogP contribution in [0.15, 0.2) is 30.5 Å². The van der Waals surface area contributed by atoms with Gasteiger partial charge < -0.3 is 9.88 Å². The molecule has 1 aromatic heterocycles. The van der Waals surface area contributed by atoms with Crippen molar-refractivity contribution >= 4 is 42.3 Å². The van der Waals surface area contributed by atoms with Gasteiger partial charge >= 0.3 is 0 Å². The molecule has 2 aromatic rings. The Morgan fingerprint density at radius 3 is 2.66 bits per heavy atom. The van der Waals surface area contributed by atoms with Gasteiger partial charge in [0.15, 0.2) is 0 Å². The number of halogens is 1. The highest BCUT2D eigenvalue weighted by Gasteiger charge is 2.36. The number of benzene rings is 1. The molecule has 0 fully saturated rings. The summed E-state index contributed by atoms with van der Waals surface area (Å²) in [6.07, 6.45) is 5.41. The first-order chi connectivity index (χ1) is 13.9. The number of hydrogen-bond acceptors (Lipinski definition) is 2. The fourth-order valence-corrected chi connectivity index (χ4v) is 4.38. The normalized spacial score (nSPS) is 21.1. The third-order valence-electron chi connectivity index (χ3n) is 5.97. The van der Waals surface area contributed by atoms with Gasteiger partial charge in [0.05, 0.1) is 5.92 Å². The van der Waals surface area contributed by atoms with Gasteiger partial charge in [0.1, 0.15) is 8.83 Å². The van der Waals surface area contributed by atoms with Crippen molar-refractivity contribution in [2.45, 2.75) is 45.7 Å². The molecule has 2 aliphatic rings. The van der Waals surface area contributed by atoms with Crippen molar-refractivity contribution in [1.29, 1.82) is 0 Å². The molecule has 0 spiro atoms. The van der Waals surface area contributed by atoms with Gasteiger partial charge in [-0.05, 0) is 55.6 Å². The molecule has 0 saturated heterocycles. The van der Waals surface area contributed by atoms with Gasteiger partial charge in [-0.1, -0.05) is 32.1 Å². The van der Waals surface area contributed by atoms with Gasteiger partial charge in [0.2, 0.25) is 5.91 Å². The van der Waals surface area contributed by atoms with Crippen molar-refractivity contribution in [3.63, 3.8) is 0 Å². The molecule has 4 nitrogen and oxygen atoms in total. The second-order valence-electron chi connectivity index (χ2n) is 8.49. The molecular formula is C23H34ClN3OSi. The maximum absolute atomic E-state index is 12.9. The van der Waals surface area contributed by atoms with E-state index in [0.717, 1.165) is 31.6 Å². The molecule has 0 radical (unpaired) electrons. The van der Waals surface area contributed by atoms with E-state index < -0.39 is 0 Å². The average molecular weight is 432 g/mol. The zero-order chi connectivity index (χ0) is 21.1. The lowest BCUT2D eigenvalue weighted by Gasteiger charge is -2.40. The van der Waals surface area contributed by atoms with Gasteiger partial charge in [-0.25, -0.2) is 0 Å². The minimum atomic E-state index is -0.179. The molecule has 0 saturated carbocycles. The Bertz CT molecular complexity index is 887. The van der Waals surface area contributed by atoms with Gasteiger partial charge in [-0.3, -0.25) is 9.69 Å². The molecule has 1 aliphatic carbocycles. The van der Waals surface area contributed by atoms with Crippen LogP contribution in [0, 0.1) is 5.92 Å². The zero-order valence-electron chi connectivity index (χ0n) is 18.3. The van der Waals surface area contributed by atoms with Crippen molar-refractivity contribution in [1.82, 2.24) is 14.8 Å². The molecular weight excluding hydrogens is 398 g/mol. The van der Waals surface area contributed by atoms with Crippen LogP contribution in [0.4, 0.5) is 0 Å². The number of likely N-dealkylation sites (N-methyl/N-ethyl adjacent to an activating group) is 1. The van der Waals surface area contributed by atoms with E-state index in [0.29, 0.717) is 6.04 Å². The van der Waals surface area contributed by atoms with E-state index in [2.05, 4.69) is 75.1 Å². The first kappa shape index (κ1) is 22.1. The van der Waals surface area contributed by atoms with E-state index in [9.17, 15) is 4.79 Å². The minimum Gasteiger partial charge on any atom is -0.361 e. The summed E-state index contributed by atoms with van der Waals surface area (Å²) in [5, 5.41) is 1.34. The molecule has 0 unspecified atom stereocenters. The Labute approximate surface area is 181 Å². The fraction of sp³-hybridized carbons (Fsp3) is 0.522. The van der Waals surface area contributed by atoms with Gasteiger partial charge in [0, 0.05) is 42.8 Å². The number of amides is 1. The lowest BCUT2D eigenvalue weighted by molar-refractivity contribution is -0.134. The van der Waals surface area contributed by atoms with E-state index in [1.54, 1.807) is 0 Å². The summed E-state index contributed by atoms with van der Waals surface area (Å²) in [6.45, 7) is 10.8. The van der Waals surface area contributed by atoms with Crippen molar-refractivity contribution in [2.75, 3.05) is 26.7 Å². The Hall–Kier alpha value is -1.56. The number of aromatic nitrogens is 1. The van der Waals surface area contributed by atoms with Gasteiger partial charge in [0.25, 0.3) is 0 Å². The minimum absolute atomic E-state index is 0.0445. The van der Waals surface area contributed by atoms with Crippen LogP contribution in [0.1, 0.15) is 38.8 Å². The second kappa shape index (κ2) is 9.50. The molecule has 1 amide bonds. The average Bonchev–Trinajstić information content (AvgIpc) is 3.14.